The Labute approximate surface area is 161 Å². The van der Waals surface area contributed by atoms with Crippen molar-refractivity contribution in [3.05, 3.63) is 53.6 Å². The first-order valence-electron chi connectivity index (χ1n) is 9.10. The van der Waals surface area contributed by atoms with Crippen LogP contribution in [0.1, 0.15) is 36.7 Å². The van der Waals surface area contributed by atoms with Crippen molar-refractivity contribution >= 4 is 27.3 Å². The van der Waals surface area contributed by atoms with Gasteiger partial charge in [0.05, 0.1) is 16.3 Å². The number of hydrogen-bond acceptors (Lipinski definition) is 4. The molecular weight excluding hydrogens is 362 g/mol. The molecule has 146 valence electrons. The van der Waals surface area contributed by atoms with E-state index in [0.717, 1.165) is 5.56 Å². The maximum Gasteiger partial charge on any atom is 0.255 e. The zero-order valence-electron chi connectivity index (χ0n) is 16.2. The Hall–Kier alpha value is -2.38. The van der Waals surface area contributed by atoms with Crippen LogP contribution in [0, 0.1) is 6.92 Å². The standard InChI is InChI=1S/C20H27N3O3S/c1-5-21-18-13-12-16(27(25,26)23(6-2)7-3)14-19(18)22-20(24)17-11-9-8-10-15(17)4/h8-14,21H,5-7H2,1-4H3,(H,22,24). The number of carbonyl (C=O) groups is 1. The van der Waals surface area contributed by atoms with Gasteiger partial charge in [-0.25, -0.2) is 8.42 Å². The minimum absolute atomic E-state index is 0.160. The van der Waals surface area contributed by atoms with Gasteiger partial charge in [-0.1, -0.05) is 32.0 Å². The maximum atomic E-state index is 12.8. The smallest absolute Gasteiger partial charge is 0.255 e. The van der Waals surface area contributed by atoms with Crippen LogP contribution in [0.25, 0.3) is 0 Å². The van der Waals surface area contributed by atoms with Crippen LogP contribution < -0.4 is 10.6 Å². The first-order valence-corrected chi connectivity index (χ1v) is 10.5. The molecule has 0 atom stereocenters. The predicted molar refractivity (Wildman–Crippen MR) is 110 cm³/mol. The van der Waals surface area contributed by atoms with Gasteiger partial charge in [0, 0.05) is 25.2 Å². The summed E-state index contributed by atoms with van der Waals surface area (Å²) < 4.78 is 27.0. The lowest BCUT2D eigenvalue weighted by Gasteiger charge is -2.20. The van der Waals surface area contributed by atoms with E-state index in [0.29, 0.717) is 36.6 Å². The lowest BCUT2D eigenvalue weighted by molar-refractivity contribution is 0.102. The number of carbonyl (C=O) groups excluding carboxylic acids is 1. The normalized spacial score (nSPS) is 11.4. The molecule has 0 heterocycles. The Kier molecular flexibility index (Phi) is 6.98. The van der Waals surface area contributed by atoms with Gasteiger partial charge in [0.1, 0.15) is 0 Å². The number of benzene rings is 2. The van der Waals surface area contributed by atoms with Gasteiger partial charge in [-0.2, -0.15) is 4.31 Å². The average Bonchev–Trinajstić information content (AvgIpc) is 2.64. The molecule has 7 heteroatoms. The number of nitrogens with zero attached hydrogens (tertiary/aromatic N) is 1. The fraction of sp³-hybridized carbons (Fsp3) is 0.350. The number of nitrogens with one attached hydrogen (secondary N) is 2. The van der Waals surface area contributed by atoms with Crippen molar-refractivity contribution in [1.82, 2.24) is 4.31 Å². The molecular formula is C20H27N3O3S. The van der Waals surface area contributed by atoms with Crippen molar-refractivity contribution in [2.24, 2.45) is 0 Å². The number of anilines is 2. The van der Waals surface area contributed by atoms with Gasteiger partial charge >= 0.3 is 0 Å². The Morgan fingerprint density at radius 3 is 2.26 bits per heavy atom. The molecule has 0 fully saturated rings. The molecule has 0 aromatic heterocycles. The van der Waals surface area contributed by atoms with Gasteiger partial charge in [-0.15, -0.1) is 0 Å². The molecule has 0 aliphatic carbocycles. The van der Waals surface area contributed by atoms with Gasteiger partial charge in [0.2, 0.25) is 10.0 Å². The second kappa shape index (κ2) is 9.01. The minimum atomic E-state index is -3.61. The number of amides is 1. The molecule has 0 saturated carbocycles. The van der Waals surface area contributed by atoms with Crippen LogP contribution >= 0.6 is 0 Å². The van der Waals surface area contributed by atoms with E-state index in [-0.39, 0.29) is 10.8 Å². The summed E-state index contributed by atoms with van der Waals surface area (Å²) in [7, 11) is -3.61. The molecule has 2 aromatic carbocycles. The van der Waals surface area contributed by atoms with E-state index in [4.69, 9.17) is 0 Å². The third kappa shape index (κ3) is 4.67. The second-order valence-electron chi connectivity index (χ2n) is 6.10. The third-order valence-corrected chi connectivity index (χ3v) is 6.39. The lowest BCUT2D eigenvalue weighted by atomic mass is 10.1. The quantitative estimate of drug-likeness (QED) is 0.721. The van der Waals surface area contributed by atoms with Crippen molar-refractivity contribution in [1.29, 1.82) is 0 Å². The summed E-state index contributed by atoms with van der Waals surface area (Å²) in [5, 5.41) is 6.02. The van der Waals surface area contributed by atoms with Crippen molar-refractivity contribution in [3.63, 3.8) is 0 Å². The molecule has 2 N–H and O–H groups in total. The molecule has 0 unspecified atom stereocenters. The number of hydrogen-bond donors (Lipinski definition) is 2. The number of sulfonamides is 1. The summed E-state index contributed by atoms with van der Waals surface area (Å²) in [4.78, 5) is 12.9. The van der Waals surface area contributed by atoms with Crippen LogP contribution in [0.4, 0.5) is 11.4 Å². The van der Waals surface area contributed by atoms with E-state index >= 15 is 0 Å². The van der Waals surface area contributed by atoms with Crippen LogP contribution in [0.5, 0.6) is 0 Å². The Bertz CT molecular complexity index is 906. The van der Waals surface area contributed by atoms with E-state index in [1.807, 2.05) is 26.0 Å². The SMILES string of the molecule is CCNc1ccc(S(=O)(=O)N(CC)CC)cc1NC(=O)c1ccccc1C. The Morgan fingerprint density at radius 1 is 1.00 bits per heavy atom. The van der Waals surface area contributed by atoms with Gasteiger partial charge in [0.25, 0.3) is 5.91 Å². The van der Waals surface area contributed by atoms with Crippen molar-refractivity contribution in [3.8, 4) is 0 Å². The lowest BCUT2D eigenvalue weighted by Crippen LogP contribution is -2.30. The molecule has 0 bridgehead atoms. The molecule has 2 rings (SSSR count). The summed E-state index contributed by atoms with van der Waals surface area (Å²) >= 11 is 0. The van der Waals surface area contributed by atoms with Crippen LogP contribution in [0.15, 0.2) is 47.4 Å². The molecule has 0 aliphatic heterocycles. The Morgan fingerprint density at radius 2 is 1.67 bits per heavy atom. The van der Waals surface area contributed by atoms with E-state index < -0.39 is 10.0 Å². The Balaban J connectivity index is 2.44. The zero-order chi connectivity index (χ0) is 20.0. The predicted octanol–water partition coefficient (Wildman–Crippen LogP) is 3.71. The number of aryl methyl sites for hydroxylation is 1. The molecule has 0 saturated heterocycles. The highest BCUT2D eigenvalue weighted by atomic mass is 32.2. The first kappa shape index (κ1) is 20.9. The molecule has 1 amide bonds. The second-order valence-corrected chi connectivity index (χ2v) is 8.03. The van der Waals surface area contributed by atoms with Crippen LogP contribution in [-0.4, -0.2) is 38.3 Å². The minimum Gasteiger partial charge on any atom is -0.384 e. The molecule has 0 radical (unpaired) electrons. The third-order valence-electron chi connectivity index (χ3n) is 4.34. The van der Waals surface area contributed by atoms with E-state index in [9.17, 15) is 13.2 Å². The highest BCUT2D eigenvalue weighted by Gasteiger charge is 2.23. The summed E-state index contributed by atoms with van der Waals surface area (Å²) in [5.74, 6) is -0.273. The van der Waals surface area contributed by atoms with E-state index in [2.05, 4.69) is 10.6 Å². The topological polar surface area (TPSA) is 78.5 Å². The van der Waals surface area contributed by atoms with Crippen LogP contribution in [0.2, 0.25) is 0 Å². The van der Waals surface area contributed by atoms with E-state index in [1.54, 1.807) is 38.1 Å². The average molecular weight is 390 g/mol. The van der Waals surface area contributed by atoms with E-state index in [1.165, 1.54) is 10.4 Å². The molecule has 6 nitrogen and oxygen atoms in total. The monoisotopic (exact) mass is 389 g/mol. The highest BCUT2D eigenvalue weighted by molar-refractivity contribution is 7.89. The van der Waals surface area contributed by atoms with Crippen LogP contribution in [0.3, 0.4) is 0 Å². The summed E-state index contributed by atoms with van der Waals surface area (Å²) in [6.07, 6.45) is 0. The van der Waals surface area contributed by atoms with Gasteiger partial charge in [-0.05, 0) is 43.7 Å². The molecule has 0 aliphatic rings. The van der Waals surface area contributed by atoms with Gasteiger partial charge in [-0.3, -0.25) is 4.79 Å². The van der Waals surface area contributed by atoms with Gasteiger partial charge < -0.3 is 10.6 Å². The largest absolute Gasteiger partial charge is 0.384 e. The molecule has 27 heavy (non-hydrogen) atoms. The summed E-state index contributed by atoms with van der Waals surface area (Å²) in [6.45, 7) is 8.82. The maximum absolute atomic E-state index is 12.8. The first-order chi connectivity index (χ1) is 12.8. The van der Waals surface area contributed by atoms with Crippen LogP contribution in [-0.2, 0) is 10.0 Å². The zero-order valence-corrected chi connectivity index (χ0v) is 17.1. The summed E-state index contributed by atoms with van der Waals surface area (Å²) in [6, 6.07) is 12.0. The fourth-order valence-electron chi connectivity index (χ4n) is 2.86. The fourth-order valence-corrected chi connectivity index (χ4v) is 4.35. The van der Waals surface area contributed by atoms with Crippen molar-refractivity contribution in [2.75, 3.05) is 30.3 Å². The highest BCUT2D eigenvalue weighted by Crippen LogP contribution is 2.28. The molecule has 2 aromatic rings. The van der Waals surface area contributed by atoms with Crippen molar-refractivity contribution in [2.45, 2.75) is 32.6 Å². The number of rotatable bonds is 8. The molecule has 0 spiro atoms. The summed E-state index contributed by atoms with van der Waals surface area (Å²) in [5.41, 5.74) is 2.53. The van der Waals surface area contributed by atoms with Gasteiger partial charge in [0.15, 0.2) is 0 Å². The van der Waals surface area contributed by atoms with Crippen molar-refractivity contribution < 1.29 is 13.2 Å².